The van der Waals surface area contributed by atoms with Crippen LogP contribution in [-0.4, -0.2) is 20.9 Å². The third kappa shape index (κ3) is 3.79. The van der Waals surface area contributed by atoms with Gasteiger partial charge in [0.05, 0.1) is 10.6 Å². The molecule has 0 saturated carbocycles. The third-order valence-electron chi connectivity index (χ3n) is 3.93. The number of anilines is 2. The smallest absolute Gasteiger partial charge is 0.262 e. The van der Waals surface area contributed by atoms with Crippen molar-refractivity contribution in [2.45, 2.75) is 24.2 Å². The molecule has 5 nitrogen and oxygen atoms in total. The number of hydrogen-bond donors (Lipinski definition) is 1. The normalized spacial score (nSPS) is 15.3. The van der Waals surface area contributed by atoms with E-state index in [4.69, 9.17) is 0 Å². The molecule has 1 amide bonds. The van der Waals surface area contributed by atoms with Crippen molar-refractivity contribution in [1.29, 1.82) is 0 Å². The van der Waals surface area contributed by atoms with Gasteiger partial charge in [0.25, 0.3) is 10.0 Å². The molecule has 0 unspecified atom stereocenters. The maximum atomic E-state index is 13.3. The van der Waals surface area contributed by atoms with Crippen LogP contribution < -0.4 is 9.62 Å². The van der Waals surface area contributed by atoms with E-state index in [1.54, 1.807) is 23.1 Å². The number of carbonyl (C=O) groups is 1. The van der Waals surface area contributed by atoms with Crippen molar-refractivity contribution < 1.29 is 22.0 Å². The quantitative estimate of drug-likeness (QED) is 0.903. The van der Waals surface area contributed by atoms with Crippen molar-refractivity contribution in [2.24, 2.45) is 0 Å². The first kappa shape index (κ1) is 17.3. The molecule has 1 N–H and O–H groups in total. The second-order valence-corrected chi connectivity index (χ2v) is 7.42. The molecule has 0 atom stereocenters. The van der Waals surface area contributed by atoms with Crippen molar-refractivity contribution >= 4 is 27.3 Å². The Labute approximate surface area is 144 Å². The topological polar surface area (TPSA) is 66.5 Å². The summed E-state index contributed by atoms with van der Waals surface area (Å²) < 4.78 is 53.3. The number of hydrogen-bond acceptors (Lipinski definition) is 3. The zero-order valence-electron chi connectivity index (χ0n) is 13.2. The highest BCUT2D eigenvalue weighted by molar-refractivity contribution is 7.92. The molecule has 1 saturated heterocycles. The summed E-state index contributed by atoms with van der Waals surface area (Å²) in [4.78, 5) is 13.2. The minimum Gasteiger partial charge on any atom is -0.312 e. The van der Waals surface area contributed by atoms with Gasteiger partial charge in [0.2, 0.25) is 5.91 Å². The molecular weight excluding hydrogens is 350 g/mol. The van der Waals surface area contributed by atoms with Crippen LogP contribution in [0.25, 0.3) is 0 Å². The minimum atomic E-state index is -4.07. The van der Waals surface area contributed by atoms with Gasteiger partial charge in [0, 0.05) is 18.7 Å². The van der Waals surface area contributed by atoms with Gasteiger partial charge in [0.1, 0.15) is 0 Å². The summed E-state index contributed by atoms with van der Waals surface area (Å²) in [7, 11) is -4.07. The maximum absolute atomic E-state index is 13.3. The largest absolute Gasteiger partial charge is 0.312 e. The molecule has 0 radical (unpaired) electrons. The molecule has 1 aliphatic rings. The Morgan fingerprint density at radius 1 is 1.00 bits per heavy atom. The lowest BCUT2D eigenvalue weighted by Crippen LogP contribution is -2.35. The van der Waals surface area contributed by atoms with Crippen LogP contribution in [0.1, 0.15) is 19.3 Å². The van der Waals surface area contributed by atoms with Crippen molar-refractivity contribution in [1.82, 2.24) is 0 Å². The van der Waals surface area contributed by atoms with E-state index in [1.807, 2.05) is 0 Å². The number of carbonyl (C=O) groups excluding carboxylic acids is 1. The van der Waals surface area contributed by atoms with E-state index >= 15 is 0 Å². The number of rotatable bonds is 4. The number of nitrogens with zero attached hydrogens (tertiary/aromatic N) is 1. The SMILES string of the molecule is O=C1CCCCN1c1cccc(NS(=O)(=O)c2ccc(F)c(F)c2)c1. The van der Waals surface area contributed by atoms with Gasteiger partial charge < -0.3 is 4.90 Å². The first-order valence-electron chi connectivity index (χ1n) is 7.75. The number of nitrogens with one attached hydrogen (secondary N) is 1. The van der Waals surface area contributed by atoms with Gasteiger partial charge in [-0.25, -0.2) is 17.2 Å². The summed E-state index contributed by atoms with van der Waals surface area (Å²) in [6.07, 6.45) is 2.19. The van der Waals surface area contributed by atoms with Crippen LogP contribution in [0.3, 0.4) is 0 Å². The number of benzene rings is 2. The van der Waals surface area contributed by atoms with E-state index in [0.717, 1.165) is 25.0 Å². The molecule has 1 aliphatic heterocycles. The standard InChI is InChI=1S/C17H16F2N2O3S/c18-15-8-7-14(11-16(15)19)25(23,24)20-12-4-3-5-13(10-12)21-9-2-1-6-17(21)22/h3-5,7-8,10-11,20H,1-2,6,9H2. The molecular formula is C17H16F2N2O3S. The molecule has 0 spiro atoms. The Balaban J connectivity index is 1.86. The fourth-order valence-electron chi connectivity index (χ4n) is 2.67. The minimum absolute atomic E-state index is 0.00753. The van der Waals surface area contributed by atoms with E-state index in [-0.39, 0.29) is 16.5 Å². The van der Waals surface area contributed by atoms with Crippen molar-refractivity contribution in [3.63, 3.8) is 0 Å². The van der Waals surface area contributed by atoms with Crippen molar-refractivity contribution in [3.05, 3.63) is 54.1 Å². The summed E-state index contributed by atoms with van der Waals surface area (Å²) >= 11 is 0. The lowest BCUT2D eigenvalue weighted by atomic mass is 10.1. The van der Waals surface area contributed by atoms with E-state index in [0.29, 0.717) is 24.7 Å². The number of sulfonamides is 1. The molecule has 1 heterocycles. The molecule has 25 heavy (non-hydrogen) atoms. The predicted molar refractivity (Wildman–Crippen MR) is 89.8 cm³/mol. The van der Waals surface area contributed by atoms with Gasteiger partial charge in [0.15, 0.2) is 11.6 Å². The average Bonchev–Trinajstić information content (AvgIpc) is 2.57. The Morgan fingerprint density at radius 3 is 2.52 bits per heavy atom. The Morgan fingerprint density at radius 2 is 1.80 bits per heavy atom. The summed E-state index contributed by atoms with van der Waals surface area (Å²) in [5, 5.41) is 0. The van der Waals surface area contributed by atoms with Crippen LogP contribution in [0.4, 0.5) is 20.2 Å². The highest BCUT2D eigenvalue weighted by Gasteiger charge is 2.21. The third-order valence-corrected chi connectivity index (χ3v) is 5.31. The molecule has 0 bridgehead atoms. The Bertz CT molecular complexity index is 916. The van der Waals surface area contributed by atoms with Crippen LogP contribution in [-0.2, 0) is 14.8 Å². The van der Waals surface area contributed by atoms with E-state index in [1.165, 1.54) is 6.07 Å². The molecule has 1 fully saturated rings. The molecule has 3 rings (SSSR count). The monoisotopic (exact) mass is 366 g/mol. The van der Waals surface area contributed by atoms with E-state index in [9.17, 15) is 22.0 Å². The fraction of sp³-hybridized carbons (Fsp3) is 0.235. The summed E-state index contributed by atoms with van der Waals surface area (Å²) in [5.41, 5.74) is 0.829. The highest BCUT2D eigenvalue weighted by atomic mass is 32.2. The Hall–Kier alpha value is -2.48. The number of halogens is 2. The van der Waals surface area contributed by atoms with Crippen molar-refractivity contribution in [3.8, 4) is 0 Å². The van der Waals surface area contributed by atoms with E-state index < -0.39 is 21.7 Å². The lowest BCUT2D eigenvalue weighted by molar-refractivity contribution is -0.119. The van der Waals surface area contributed by atoms with Gasteiger partial charge in [-0.2, -0.15) is 0 Å². The van der Waals surface area contributed by atoms with Crippen LogP contribution in [0.15, 0.2) is 47.4 Å². The maximum Gasteiger partial charge on any atom is 0.262 e. The molecule has 8 heteroatoms. The number of piperidine rings is 1. The molecule has 0 aliphatic carbocycles. The second kappa shape index (κ2) is 6.79. The van der Waals surface area contributed by atoms with Gasteiger partial charge >= 0.3 is 0 Å². The molecule has 132 valence electrons. The summed E-state index contributed by atoms with van der Waals surface area (Å²) in [5.74, 6) is -2.37. The zero-order chi connectivity index (χ0) is 18.0. The average molecular weight is 366 g/mol. The fourth-order valence-corrected chi connectivity index (χ4v) is 3.74. The lowest BCUT2D eigenvalue weighted by Gasteiger charge is -2.27. The summed E-state index contributed by atoms with van der Waals surface area (Å²) in [6, 6.07) is 8.77. The van der Waals surface area contributed by atoms with Crippen LogP contribution >= 0.6 is 0 Å². The highest BCUT2D eigenvalue weighted by Crippen LogP contribution is 2.25. The number of amides is 1. The van der Waals surface area contributed by atoms with Gasteiger partial charge in [-0.1, -0.05) is 6.07 Å². The first-order chi connectivity index (χ1) is 11.9. The van der Waals surface area contributed by atoms with Crippen molar-refractivity contribution in [2.75, 3.05) is 16.2 Å². The summed E-state index contributed by atoms with van der Waals surface area (Å²) in [6.45, 7) is 0.582. The molecule has 2 aromatic rings. The predicted octanol–water partition coefficient (Wildman–Crippen LogP) is 3.28. The van der Waals surface area contributed by atoms with Gasteiger partial charge in [-0.05, 0) is 49.2 Å². The van der Waals surface area contributed by atoms with Crippen LogP contribution in [0.2, 0.25) is 0 Å². The Kier molecular flexibility index (Phi) is 4.71. The van der Waals surface area contributed by atoms with Crippen LogP contribution in [0.5, 0.6) is 0 Å². The zero-order valence-corrected chi connectivity index (χ0v) is 14.0. The van der Waals surface area contributed by atoms with Gasteiger partial charge in [-0.3, -0.25) is 9.52 Å². The van der Waals surface area contributed by atoms with Gasteiger partial charge in [-0.15, -0.1) is 0 Å². The van der Waals surface area contributed by atoms with E-state index in [2.05, 4.69) is 4.72 Å². The second-order valence-electron chi connectivity index (χ2n) is 5.73. The molecule has 0 aromatic heterocycles. The van der Waals surface area contributed by atoms with Crippen LogP contribution in [0, 0.1) is 11.6 Å². The first-order valence-corrected chi connectivity index (χ1v) is 9.23. The molecule has 2 aromatic carbocycles.